The summed E-state index contributed by atoms with van der Waals surface area (Å²) >= 11 is 5.78. The van der Waals surface area contributed by atoms with Crippen molar-refractivity contribution in [3.63, 3.8) is 0 Å². The molecule has 2 aromatic carbocycles. The third kappa shape index (κ3) is 8.81. The number of nitrogens with zero attached hydrogens (tertiary/aromatic N) is 1. The zero-order chi connectivity index (χ0) is 25.5. The average Bonchev–Trinajstić information content (AvgIpc) is 2.67. The fraction of sp³-hybridized carbons (Fsp3) is 0.300. The zero-order valence-corrected chi connectivity index (χ0v) is 19.3. The predicted octanol–water partition coefficient (Wildman–Crippen LogP) is 3.85. The molecule has 0 heterocycles. The lowest BCUT2D eigenvalue weighted by Gasteiger charge is -2.15. The van der Waals surface area contributed by atoms with Gasteiger partial charge in [0.2, 0.25) is 0 Å². The van der Waals surface area contributed by atoms with Gasteiger partial charge < -0.3 is 19.4 Å². The SMILES string of the molecule is CC(OC(=O)c1cc(Oc2ccc(C(F)(F)F)cc2Cl)ccc1[N+](=O)[O-])C(=O)[O-].C[S+](C)C. The smallest absolute Gasteiger partial charge is 0.416 e. The maximum absolute atomic E-state index is 12.7. The number of halogens is 4. The summed E-state index contributed by atoms with van der Waals surface area (Å²) in [6.07, 6.45) is 0.276. The minimum atomic E-state index is -4.62. The number of carboxylic acids is 1. The number of hydrogen-bond donors (Lipinski definition) is 0. The molecule has 0 saturated heterocycles. The number of rotatable bonds is 6. The molecule has 0 aliphatic rings. The second-order valence-corrected chi connectivity index (χ2v) is 9.63. The largest absolute Gasteiger partial charge is 0.546 e. The first-order chi connectivity index (χ1) is 15.1. The van der Waals surface area contributed by atoms with Crippen molar-refractivity contribution >= 4 is 40.1 Å². The highest BCUT2D eigenvalue weighted by Gasteiger charge is 2.31. The number of carbonyl (C=O) groups excluding carboxylic acids is 2. The van der Waals surface area contributed by atoms with Crippen molar-refractivity contribution in [3.05, 3.63) is 62.7 Å². The van der Waals surface area contributed by atoms with Crippen molar-refractivity contribution in [2.24, 2.45) is 0 Å². The van der Waals surface area contributed by atoms with Crippen LogP contribution in [0.4, 0.5) is 18.9 Å². The van der Waals surface area contributed by atoms with Crippen LogP contribution in [0.25, 0.3) is 0 Å². The summed E-state index contributed by atoms with van der Waals surface area (Å²) in [6, 6.07) is 5.10. The van der Waals surface area contributed by atoms with Crippen LogP contribution in [0.5, 0.6) is 11.5 Å². The Morgan fingerprint density at radius 2 is 1.70 bits per heavy atom. The normalized spacial score (nSPS) is 11.8. The maximum atomic E-state index is 12.7. The topological polar surface area (TPSA) is 119 Å². The molecule has 2 rings (SSSR count). The number of aliphatic carboxylic acids is 1. The second-order valence-electron chi connectivity index (χ2n) is 6.77. The molecule has 1 unspecified atom stereocenters. The fourth-order valence-corrected chi connectivity index (χ4v) is 2.28. The van der Waals surface area contributed by atoms with E-state index >= 15 is 0 Å². The molecule has 0 radical (unpaired) electrons. The number of hydrogen-bond acceptors (Lipinski definition) is 7. The molecule has 0 saturated carbocycles. The van der Waals surface area contributed by atoms with Crippen LogP contribution in [0.1, 0.15) is 22.8 Å². The van der Waals surface area contributed by atoms with Gasteiger partial charge in [0, 0.05) is 12.1 Å². The van der Waals surface area contributed by atoms with Crippen molar-refractivity contribution in [2.75, 3.05) is 18.8 Å². The molecule has 0 N–H and O–H groups in total. The second kappa shape index (κ2) is 11.8. The summed E-state index contributed by atoms with van der Waals surface area (Å²) in [5.74, 6) is -3.46. The minimum Gasteiger partial charge on any atom is -0.546 e. The van der Waals surface area contributed by atoms with E-state index in [1.807, 2.05) is 0 Å². The first kappa shape index (κ1) is 28.0. The Bertz CT molecular complexity index is 1030. The number of benzene rings is 2. The van der Waals surface area contributed by atoms with Crippen LogP contribution in [-0.4, -0.2) is 41.7 Å². The highest BCUT2D eigenvalue weighted by Crippen LogP contribution is 2.37. The summed E-state index contributed by atoms with van der Waals surface area (Å²) in [6.45, 7) is 0.987. The third-order valence-electron chi connectivity index (χ3n) is 3.49. The van der Waals surface area contributed by atoms with E-state index in [0.29, 0.717) is 23.0 Å². The molecule has 13 heteroatoms. The monoisotopic (exact) mass is 509 g/mol. The molecule has 0 aliphatic heterocycles. The lowest BCUT2D eigenvalue weighted by atomic mass is 10.1. The molecule has 1 atom stereocenters. The highest BCUT2D eigenvalue weighted by atomic mass is 35.5. The molecular weight excluding hydrogens is 491 g/mol. The van der Waals surface area contributed by atoms with Crippen LogP contribution in [0.3, 0.4) is 0 Å². The average molecular weight is 510 g/mol. The summed E-state index contributed by atoms with van der Waals surface area (Å²) in [5, 5.41) is 21.4. The van der Waals surface area contributed by atoms with Crippen molar-refractivity contribution in [2.45, 2.75) is 19.2 Å². The Labute approximate surface area is 194 Å². The van der Waals surface area contributed by atoms with Gasteiger partial charge >= 0.3 is 12.1 Å². The predicted molar refractivity (Wildman–Crippen MR) is 115 cm³/mol. The van der Waals surface area contributed by atoms with Crippen molar-refractivity contribution < 1.29 is 42.3 Å². The number of ether oxygens (including phenoxy) is 2. The van der Waals surface area contributed by atoms with E-state index in [9.17, 15) is 38.0 Å². The van der Waals surface area contributed by atoms with Crippen molar-refractivity contribution in [1.29, 1.82) is 0 Å². The first-order valence-corrected chi connectivity index (χ1v) is 11.7. The summed E-state index contributed by atoms with van der Waals surface area (Å²) < 4.78 is 47.9. The maximum Gasteiger partial charge on any atom is 0.416 e. The van der Waals surface area contributed by atoms with Gasteiger partial charge in [0.1, 0.15) is 23.2 Å². The van der Waals surface area contributed by atoms with Crippen molar-refractivity contribution in [3.8, 4) is 11.5 Å². The van der Waals surface area contributed by atoms with E-state index in [0.717, 1.165) is 31.2 Å². The number of carbonyl (C=O) groups is 2. The molecular formula is C20H19ClF3NO7S. The highest BCUT2D eigenvalue weighted by molar-refractivity contribution is 7.94. The number of alkyl halides is 3. The summed E-state index contributed by atoms with van der Waals surface area (Å²) in [4.78, 5) is 33.0. The first-order valence-electron chi connectivity index (χ1n) is 8.87. The number of carboxylic acid groups (broad SMARTS) is 1. The van der Waals surface area contributed by atoms with E-state index in [2.05, 4.69) is 23.5 Å². The van der Waals surface area contributed by atoms with Gasteiger partial charge in [-0.3, -0.25) is 10.1 Å². The lowest BCUT2D eigenvalue weighted by Crippen LogP contribution is -2.36. The van der Waals surface area contributed by atoms with Crippen LogP contribution >= 0.6 is 11.6 Å². The quantitative estimate of drug-likeness (QED) is 0.251. The molecule has 8 nitrogen and oxygen atoms in total. The van der Waals surface area contributed by atoms with Gasteiger partial charge in [0.05, 0.1) is 40.2 Å². The van der Waals surface area contributed by atoms with Gasteiger partial charge in [-0.15, -0.1) is 0 Å². The standard InChI is InChI=1S/C17H11ClF3NO7.C3H9S/c1-8(15(23)24)28-16(25)11-7-10(3-4-13(11)22(26)27)29-14-5-2-9(6-12(14)18)17(19,20)21;1-4(2)3/h2-8H,1H3,(H,23,24);1-3H3/q;+1/p-1. The van der Waals surface area contributed by atoms with E-state index < -0.39 is 51.0 Å². The summed E-state index contributed by atoms with van der Waals surface area (Å²) in [7, 11) is 0.639. The molecule has 0 amide bonds. The number of nitro groups is 1. The van der Waals surface area contributed by atoms with Gasteiger partial charge in [-0.05, 0) is 42.1 Å². The number of esters is 1. The van der Waals surface area contributed by atoms with E-state index in [1.54, 1.807) is 0 Å². The van der Waals surface area contributed by atoms with Crippen LogP contribution in [0.2, 0.25) is 5.02 Å². The van der Waals surface area contributed by atoms with Crippen molar-refractivity contribution in [1.82, 2.24) is 0 Å². The molecule has 0 bridgehead atoms. The van der Waals surface area contributed by atoms with E-state index in [1.165, 1.54) is 0 Å². The molecule has 0 aromatic heterocycles. The van der Waals surface area contributed by atoms with Crippen LogP contribution in [0.15, 0.2) is 36.4 Å². The summed E-state index contributed by atoms with van der Waals surface area (Å²) in [5.41, 5.74) is -2.35. The Morgan fingerprint density at radius 3 is 2.15 bits per heavy atom. The Hall–Kier alpha value is -2.99. The molecule has 180 valence electrons. The zero-order valence-electron chi connectivity index (χ0n) is 17.8. The molecule has 0 fully saturated rings. The Kier molecular flexibility index (Phi) is 9.99. The fourth-order valence-electron chi connectivity index (χ4n) is 2.06. The van der Waals surface area contributed by atoms with Gasteiger partial charge in [0.25, 0.3) is 5.69 Å². The molecule has 0 aliphatic carbocycles. The van der Waals surface area contributed by atoms with Gasteiger partial charge in [-0.2, -0.15) is 13.2 Å². The molecule has 2 aromatic rings. The van der Waals surface area contributed by atoms with Gasteiger partial charge in [0.15, 0.2) is 0 Å². The van der Waals surface area contributed by atoms with E-state index in [-0.39, 0.29) is 11.5 Å². The van der Waals surface area contributed by atoms with Gasteiger partial charge in [-0.25, -0.2) is 4.79 Å². The van der Waals surface area contributed by atoms with Gasteiger partial charge in [-0.1, -0.05) is 11.6 Å². The van der Waals surface area contributed by atoms with Crippen LogP contribution in [0, 0.1) is 10.1 Å². The molecule has 33 heavy (non-hydrogen) atoms. The van der Waals surface area contributed by atoms with Crippen LogP contribution < -0.4 is 9.84 Å². The lowest BCUT2D eigenvalue weighted by molar-refractivity contribution is -0.385. The third-order valence-corrected chi connectivity index (χ3v) is 3.78. The Balaban J connectivity index is 0.00000125. The number of nitro benzene ring substituents is 1. The minimum absolute atomic E-state index is 0.190. The van der Waals surface area contributed by atoms with E-state index in [4.69, 9.17) is 16.3 Å². The molecule has 0 spiro atoms. The Morgan fingerprint density at radius 1 is 1.12 bits per heavy atom. The van der Waals surface area contributed by atoms with Crippen LogP contribution in [-0.2, 0) is 26.6 Å².